The molecule has 36 heavy (non-hydrogen) atoms. The first-order chi connectivity index (χ1) is 17.1. The standard InChI is InChI=1S/C28H46N2O6/c1-7-9-15-30-28(6,22(3)26(33)36-20-24-13-11-10-12-14-24)25(32)21-35-19-18-34-17-16-29-27(5,8-2)23(4)31/h10-14,22,29-30H,7-9,15-21H2,1-6H3. The smallest absolute Gasteiger partial charge is 0.311 e. The van der Waals surface area contributed by atoms with E-state index in [2.05, 4.69) is 17.6 Å². The predicted molar refractivity (Wildman–Crippen MR) is 141 cm³/mol. The van der Waals surface area contributed by atoms with Crippen molar-refractivity contribution in [1.29, 1.82) is 0 Å². The van der Waals surface area contributed by atoms with E-state index in [1.807, 2.05) is 44.2 Å². The maximum absolute atomic E-state index is 13.1. The van der Waals surface area contributed by atoms with E-state index in [0.29, 0.717) is 32.7 Å². The second-order valence-corrected chi connectivity index (χ2v) is 9.55. The summed E-state index contributed by atoms with van der Waals surface area (Å²) in [4.78, 5) is 37.7. The topological polar surface area (TPSA) is 103 Å². The zero-order valence-electron chi connectivity index (χ0n) is 23.0. The highest BCUT2D eigenvalue weighted by Crippen LogP contribution is 2.21. The zero-order chi connectivity index (χ0) is 27.0. The highest BCUT2D eigenvalue weighted by Gasteiger charge is 2.42. The average Bonchev–Trinajstić information content (AvgIpc) is 2.88. The molecule has 0 saturated heterocycles. The molecule has 0 saturated carbocycles. The molecule has 0 heterocycles. The molecule has 1 aromatic carbocycles. The molecule has 8 nitrogen and oxygen atoms in total. The third-order valence-corrected chi connectivity index (χ3v) is 6.90. The number of carbonyl (C=O) groups excluding carboxylic acids is 3. The van der Waals surface area contributed by atoms with Crippen molar-refractivity contribution >= 4 is 17.5 Å². The molecule has 0 fully saturated rings. The van der Waals surface area contributed by atoms with Gasteiger partial charge in [0, 0.05) is 6.54 Å². The first kappa shape index (κ1) is 31.9. The van der Waals surface area contributed by atoms with Crippen LogP contribution in [0.5, 0.6) is 0 Å². The van der Waals surface area contributed by atoms with Crippen molar-refractivity contribution in [3.8, 4) is 0 Å². The lowest BCUT2D eigenvalue weighted by Crippen LogP contribution is -2.58. The molecule has 1 rings (SSSR count). The van der Waals surface area contributed by atoms with Crippen LogP contribution in [0.2, 0.25) is 0 Å². The van der Waals surface area contributed by atoms with Gasteiger partial charge in [0.15, 0.2) is 5.78 Å². The summed E-state index contributed by atoms with van der Waals surface area (Å²) in [5, 5.41) is 6.50. The molecule has 0 spiro atoms. The molecule has 3 atom stereocenters. The summed E-state index contributed by atoms with van der Waals surface area (Å²) in [6.07, 6.45) is 2.56. The van der Waals surface area contributed by atoms with E-state index in [9.17, 15) is 14.4 Å². The van der Waals surface area contributed by atoms with Crippen LogP contribution in [0.15, 0.2) is 30.3 Å². The van der Waals surface area contributed by atoms with Crippen LogP contribution in [0.4, 0.5) is 0 Å². The van der Waals surface area contributed by atoms with Crippen molar-refractivity contribution in [1.82, 2.24) is 10.6 Å². The van der Waals surface area contributed by atoms with Gasteiger partial charge in [-0.15, -0.1) is 0 Å². The fourth-order valence-corrected chi connectivity index (χ4v) is 3.54. The third-order valence-electron chi connectivity index (χ3n) is 6.90. The Morgan fingerprint density at radius 1 is 0.944 bits per heavy atom. The van der Waals surface area contributed by atoms with Gasteiger partial charge in [0.05, 0.1) is 36.8 Å². The van der Waals surface area contributed by atoms with Gasteiger partial charge < -0.3 is 24.8 Å². The molecule has 1 aromatic rings. The molecule has 0 aromatic heterocycles. The monoisotopic (exact) mass is 506 g/mol. The van der Waals surface area contributed by atoms with Crippen LogP contribution in [0.3, 0.4) is 0 Å². The Labute approximate surface area is 216 Å². The van der Waals surface area contributed by atoms with E-state index >= 15 is 0 Å². The third kappa shape index (κ3) is 10.5. The number of nitrogens with one attached hydrogen (secondary N) is 2. The Balaban J connectivity index is 2.51. The molecule has 0 aliphatic heterocycles. The van der Waals surface area contributed by atoms with Gasteiger partial charge in [-0.05, 0) is 52.6 Å². The number of Topliss-reactive ketones (excluding diaryl/α,β-unsaturated/α-hetero) is 2. The summed E-state index contributed by atoms with van der Waals surface area (Å²) in [7, 11) is 0. The van der Waals surface area contributed by atoms with Crippen molar-refractivity contribution < 1.29 is 28.6 Å². The van der Waals surface area contributed by atoms with Crippen LogP contribution < -0.4 is 10.6 Å². The van der Waals surface area contributed by atoms with E-state index in [1.54, 1.807) is 20.8 Å². The van der Waals surface area contributed by atoms with Gasteiger partial charge in [-0.1, -0.05) is 50.6 Å². The number of rotatable bonds is 20. The van der Waals surface area contributed by atoms with Gasteiger partial charge >= 0.3 is 5.97 Å². The fourth-order valence-electron chi connectivity index (χ4n) is 3.54. The molecule has 204 valence electrons. The molecule has 3 unspecified atom stereocenters. The molecule has 0 aliphatic rings. The Bertz CT molecular complexity index is 802. The second kappa shape index (κ2) is 16.6. The molecule has 0 radical (unpaired) electrons. The van der Waals surface area contributed by atoms with Crippen LogP contribution in [-0.4, -0.2) is 68.1 Å². The van der Waals surface area contributed by atoms with Gasteiger partial charge in [-0.2, -0.15) is 0 Å². The highest BCUT2D eigenvalue weighted by atomic mass is 16.5. The Kier molecular flexibility index (Phi) is 14.7. The maximum atomic E-state index is 13.1. The van der Waals surface area contributed by atoms with Crippen molar-refractivity contribution in [2.24, 2.45) is 5.92 Å². The molecule has 0 amide bonds. The largest absolute Gasteiger partial charge is 0.461 e. The minimum Gasteiger partial charge on any atom is -0.461 e. The highest BCUT2D eigenvalue weighted by molar-refractivity contribution is 5.94. The van der Waals surface area contributed by atoms with E-state index in [0.717, 1.165) is 18.4 Å². The first-order valence-corrected chi connectivity index (χ1v) is 13.0. The molecule has 0 bridgehead atoms. The Morgan fingerprint density at radius 2 is 1.61 bits per heavy atom. The van der Waals surface area contributed by atoms with Crippen LogP contribution in [0.1, 0.15) is 66.4 Å². The lowest BCUT2D eigenvalue weighted by atomic mass is 9.83. The first-order valence-electron chi connectivity index (χ1n) is 13.0. The molecular formula is C28H46N2O6. The van der Waals surface area contributed by atoms with Gasteiger partial charge in [0.1, 0.15) is 19.0 Å². The summed E-state index contributed by atoms with van der Waals surface area (Å²) >= 11 is 0. The lowest BCUT2D eigenvalue weighted by Gasteiger charge is -2.34. The van der Waals surface area contributed by atoms with Gasteiger partial charge in [0.2, 0.25) is 0 Å². The second-order valence-electron chi connectivity index (χ2n) is 9.55. The SMILES string of the molecule is CCCCNC(C)(C(=O)COCCOCCNC(C)(CC)C(C)=O)C(C)C(=O)OCc1ccccc1. The molecular weight excluding hydrogens is 460 g/mol. The van der Waals surface area contributed by atoms with E-state index in [-0.39, 0.29) is 31.4 Å². The number of carbonyl (C=O) groups is 3. The van der Waals surface area contributed by atoms with Gasteiger partial charge in [0.25, 0.3) is 0 Å². The predicted octanol–water partition coefficient (Wildman–Crippen LogP) is 3.46. The minimum atomic E-state index is -1.11. The quantitative estimate of drug-likeness (QED) is 0.205. The van der Waals surface area contributed by atoms with E-state index < -0.39 is 23.0 Å². The number of ether oxygens (including phenoxy) is 3. The molecule has 2 N–H and O–H groups in total. The minimum absolute atomic E-state index is 0.0978. The number of hydrogen-bond acceptors (Lipinski definition) is 8. The van der Waals surface area contributed by atoms with Crippen LogP contribution in [0, 0.1) is 5.92 Å². The van der Waals surface area contributed by atoms with E-state index in [4.69, 9.17) is 14.2 Å². The fraction of sp³-hybridized carbons (Fsp3) is 0.679. The summed E-state index contributed by atoms with van der Waals surface area (Å²) in [5.41, 5.74) is -0.755. The summed E-state index contributed by atoms with van der Waals surface area (Å²) < 4.78 is 16.6. The lowest BCUT2D eigenvalue weighted by molar-refractivity contribution is -0.155. The molecule has 8 heteroatoms. The Morgan fingerprint density at radius 3 is 2.22 bits per heavy atom. The number of unbranched alkanes of at least 4 members (excludes halogenated alkanes) is 1. The Hall–Kier alpha value is -2.13. The van der Waals surface area contributed by atoms with Crippen LogP contribution in [0.25, 0.3) is 0 Å². The average molecular weight is 507 g/mol. The summed E-state index contributed by atoms with van der Waals surface area (Å²) in [6.45, 7) is 13.2. The maximum Gasteiger partial charge on any atom is 0.311 e. The summed E-state index contributed by atoms with van der Waals surface area (Å²) in [5.74, 6) is -1.23. The number of esters is 1. The van der Waals surface area contributed by atoms with Crippen molar-refractivity contribution in [2.75, 3.05) is 39.5 Å². The summed E-state index contributed by atoms with van der Waals surface area (Å²) in [6, 6.07) is 9.45. The molecule has 0 aliphatic carbocycles. The van der Waals surface area contributed by atoms with Crippen molar-refractivity contribution in [2.45, 2.75) is 78.5 Å². The number of ketones is 2. The van der Waals surface area contributed by atoms with Crippen molar-refractivity contribution in [3.63, 3.8) is 0 Å². The van der Waals surface area contributed by atoms with E-state index in [1.165, 1.54) is 0 Å². The number of hydrogen-bond donors (Lipinski definition) is 2. The van der Waals surface area contributed by atoms with Crippen molar-refractivity contribution in [3.05, 3.63) is 35.9 Å². The van der Waals surface area contributed by atoms with Crippen LogP contribution in [-0.2, 0) is 35.2 Å². The zero-order valence-corrected chi connectivity index (χ0v) is 23.0. The van der Waals surface area contributed by atoms with Gasteiger partial charge in [-0.25, -0.2) is 0 Å². The number of benzene rings is 1. The normalized spacial score (nSPS) is 15.5. The van der Waals surface area contributed by atoms with Gasteiger partial charge in [-0.3, -0.25) is 14.4 Å². The van der Waals surface area contributed by atoms with Crippen LogP contribution >= 0.6 is 0 Å².